The van der Waals surface area contributed by atoms with Crippen molar-refractivity contribution in [2.75, 3.05) is 5.32 Å². The summed E-state index contributed by atoms with van der Waals surface area (Å²) in [7, 11) is 0. The largest absolute Gasteiger partial charge is 0.365 e. The zero-order valence-corrected chi connectivity index (χ0v) is 14.1. The van der Waals surface area contributed by atoms with Crippen LogP contribution in [-0.4, -0.2) is 20.1 Å². The van der Waals surface area contributed by atoms with Gasteiger partial charge in [-0.15, -0.1) is 0 Å². The molecule has 0 aliphatic heterocycles. The van der Waals surface area contributed by atoms with E-state index in [0.717, 1.165) is 34.3 Å². The molecule has 4 nitrogen and oxygen atoms in total. The molecule has 1 aromatic carbocycles. The van der Waals surface area contributed by atoms with Gasteiger partial charge in [0, 0.05) is 34.8 Å². The number of rotatable bonds is 4. The lowest BCUT2D eigenvalue weighted by atomic mass is 10.1. The summed E-state index contributed by atoms with van der Waals surface area (Å²) in [5.41, 5.74) is 4.30. The third-order valence-electron chi connectivity index (χ3n) is 4.33. The molecule has 0 amide bonds. The van der Waals surface area contributed by atoms with Gasteiger partial charge in [0.1, 0.15) is 5.82 Å². The number of fused-ring (bicyclic) bond motifs is 1. The molecule has 2 heterocycles. The van der Waals surface area contributed by atoms with Gasteiger partial charge >= 0.3 is 0 Å². The average Bonchev–Trinajstić information content (AvgIpc) is 3.07. The molecule has 0 bridgehead atoms. The van der Waals surface area contributed by atoms with E-state index >= 15 is 0 Å². The van der Waals surface area contributed by atoms with Crippen LogP contribution in [-0.2, 0) is 6.42 Å². The van der Waals surface area contributed by atoms with E-state index < -0.39 is 0 Å². The molecule has 1 N–H and O–H groups in total. The molecule has 1 aliphatic rings. The quantitative estimate of drug-likeness (QED) is 0.779. The predicted molar refractivity (Wildman–Crippen MR) is 93.2 cm³/mol. The summed E-state index contributed by atoms with van der Waals surface area (Å²) < 4.78 is 1.92. The highest BCUT2D eigenvalue weighted by atomic mass is 35.5. The van der Waals surface area contributed by atoms with Gasteiger partial charge in [-0.2, -0.15) is 9.61 Å². The smallest absolute Gasteiger partial charge is 0.157 e. The molecule has 0 unspecified atom stereocenters. The SMILES string of the molecule is Cc1cc(NC2(C)CC2)n2nc(Cc3ccc(Cl)cc3)cc2n1. The fourth-order valence-electron chi connectivity index (χ4n) is 2.76. The molecule has 0 atom stereocenters. The molecular weight excluding hydrogens is 308 g/mol. The minimum Gasteiger partial charge on any atom is -0.365 e. The Bertz CT molecular complexity index is 863. The second kappa shape index (κ2) is 5.24. The lowest BCUT2D eigenvalue weighted by molar-refractivity contribution is 0.792. The summed E-state index contributed by atoms with van der Waals surface area (Å²) in [5.74, 6) is 1.02. The molecule has 0 spiro atoms. The van der Waals surface area contributed by atoms with E-state index in [9.17, 15) is 0 Å². The number of hydrogen-bond donors (Lipinski definition) is 1. The van der Waals surface area contributed by atoms with Gasteiger partial charge in [0.05, 0.1) is 5.69 Å². The number of halogens is 1. The Kier molecular flexibility index (Phi) is 3.31. The highest BCUT2D eigenvalue weighted by Gasteiger charge is 2.37. The van der Waals surface area contributed by atoms with Crippen LogP contribution in [0, 0.1) is 6.92 Å². The van der Waals surface area contributed by atoms with Gasteiger partial charge in [0.25, 0.3) is 0 Å². The second-order valence-corrected chi connectivity index (χ2v) is 7.11. The van der Waals surface area contributed by atoms with Crippen LogP contribution < -0.4 is 5.32 Å². The van der Waals surface area contributed by atoms with Crippen LogP contribution in [0.5, 0.6) is 0 Å². The van der Waals surface area contributed by atoms with Gasteiger partial charge in [-0.25, -0.2) is 4.98 Å². The van der Waals surface area contributed by atoms with E-state index in [2.05, 4.69) is 29.4 Å². The van der Waals surface area contributed by atoms with E-state index in [1.165, 1.54) is 18.4 Å². The van der Waals surface area contributed by atoms with Gasteiger partial charge in [0.2, 0.25) is 0 Å². The van der Waals surface area contributed by atoms with Crippen molar-refractivity contribution in [3.05, 3.63) is 58.4 Å². The number of aryl methyl sites for hydroxylation is 1. The molecule has 0 saturated heterocycles. The van der Waals surface area contributed by atoms with Gasteiger partial charge in [-0.1, -0.05) is 23.7 Å². The van der Waals surface area contributed by atoms with E-state index in [1.807, 2.05) is 35.7 Å². The molecule has 2 aromatic heterocycles. The Morgan fingerprint density at radius 1 is 1.22 bits per heavy atom. The number of anilines is 1. The fourth-order valence-corrected chi connectivity index (χ4v) is 2.88. The topological polar surface area (TPSA) is 42.2 Å². The highest BCUT2D eigenvalue weighted by Crippen LogP contribution is 2.38. The average molecular weight is 327 g/mol. The van der Waals surface area contributed by atoms with Crippen molar-refractivity contribution in [2.45, 2.75) is 38.6 Å². The normalized spacial score (nSPS) is 15.8. The Balaban J connectivity index is 1.69. The van der Waals surface area contributed by atoms with E-state index in [0.29, 0.717) is 0 Å². The molecule has 4 rings (SSSR count). The fraction of sp³-hybridized carbons (Fsp3) is 0.333. The molecular formula is C18H19ClN4. The summed E-state index contributed by atoms with van der Waals surface area (Å²) in [6.45, 7) is 4.26. The Labute approximate surface area is 140 Å². The van der Waals surface area contributed by atoms with Crippen molar-refractivity contribution >= 4 is 23.1 Å². The lowest BCUT2D eigenvalue weighted by Crippen LogP contribution is -2.19. The van der Waals surface area contributed by atoms with Crippen LogP contribution in [0.1, 0.15) is 36.7 Å². The third-order valence-corrected chi connectivity index (χ3v) is 4.59. The summed E-state index contributed by atoms with van der Waals surface area (Å²) in [4.78, 5) is 4.60. The standard InChI is InChI=1S/C18H19ClN4/c1-12-9-17(21-18(2)7-8-18)23-16(20-12)11-15(22-23)10-13-3-5-14(19)6-4-13/h3-6,9,11,21H,7-8,10H2,1-2H3. The summed E-state index contributed by atoms with van der Waals surface area (Å²) in [6, 6.07) is 12.0. The van der Waals surface area contributed by atoms with E-state index in [1.54, 1.807) is 0 Å². The molecule has 5 heteroatoms. The summed E-state index contributed by atoms with van der Waals surface area (Å²) >= 11 is 5.95. The van der Waals surface area contributed by atoms with Crippen molar-refractivity contribution in [3.63, 3.8) is 0 Å². The number of benzene rings is 1. The minimum absolute atomic E-state index is 0.211. The van der Waals surface area contributed by atoms with Gasteiger partial charge in [-0.3, -0.25) is 0 Å². The number of hydrogen-bond acceptors (Lipinski definition) is 3. The number of aromatic nitrogens is 3. The molecule has 118 valence electrons. The van der Waals surface area contributed by atoms with E-state index in [-0.39, 0.29) is 5.54 Å². The highest BCUT2D eigenvalue weighted by molar-refractivity contribution is 6.30. The maximum absolute atomic E-state index is 5.95. The molecule has 0 radical (unpaired) electrons. The monoisotopic (exact) mass is 326 g/mol. The summed E-state index contributed by atoms with van der Waals surface area (Å²) in [5, 5.41) is 9.10. The minimum atomic E-state index is 0.211. The first-order valence-corrected chi connectivity index (χ1v) is 8.28. The van der Waals surface area contributed by atoms with Crippen molar-refractivity contribution in [2.24, 2.45) is 0 Å². The zero-order chi connectivity index (χ0) is 16.0. The summed E-state index contributed by atoms with van der Waals surface area (Å²) in [6.07, 6.45) is 3.18. The molecule has 1 saturated carbocycles. The predicted octanol–water partition coefficient (Wildman–Crippen LogP) is 4.25. The van der Waals surface area contributed by atoms with Crippen LogP contribution in [0.2, 0.25) is 5.02 Å². The Hall–Kier alpha value is -2.07. The lowest BCUT2D eigenvalue weighted by Gasteiger charge is -2.14. The van der Waals surface area contributed by atoms with Crippen LogP contribution in [0.15, 0.2) is 36.4 Å². The van der Waals surface area contributed by atoms with Gasteiger partial charge in [-0.05, 0) is 44.4 Å². The van der Waals surface area contributed by atoms with E-state index in [4.69, 9.17) is 16.7 Å². The van der Waals surface area contributed by atoms with Gasteiger partial charge in [0.15, 0.2) is 5.65 Å². The first kappa shape index (κ1) is 14.5. The molecule has 23 heavy (non-hydrogen) atoms. The zero-order valence-electron chi connectivity index (χ0n) is 13.3. The first-order chi connectivity index (χ1) is 11.0. The molecule has 3 aromatic rings. The maximum Gasteiger partial charge on any atom is 0.157 e. The van der Waals surface area contributed by atoms with Crippen LogP contribution in [0.3, 0.4) is 0 Å². The number of nitrogens with zero attached hydrogens (tertiary/aromatic N) is 3. The van der Waals surface area contributed by atoms with Crippen LogP contribution >= 0.6 is 11.6 Å². The first-order valence-electron chi connectivity index (χ1n) is 7.90. The van der Waals surface area contributed by atoms with Crippen molar-refractivity contribution in [3.8, 4) is 0 Å². The maximum atomic E-state index is 5.95. The van der Waals surface area contributed by atoms with Crippen molar-refractivity contribution < 1.29 is 0 Å². The second-order valence-electron chi connectivity index (χ2n) is 6.68. The molecule has 1 fully saturated rings. The Morgan fingerprint density at radius 2 is 1.96 bits per heavy atom. The van der Waals surface area contributed by atoms with Gasteiger partial charge < -0.3 is 5.32 Å². The molecule has 1 aliphatic carbocycles. The van der Waals surface area contributed by atoms with Crippen molar-refractivity contribution in [1.82, 2.24) is 14.6 Å². The number of nitrogens with one attached hydrogen (secondary N) is 1. The Morgan fingerprint density at radius 3 is 2.65 bits per heavy atom. The third kappa shape index (κ3) is 3.04. The van der Waals surface area contributed by atoms with Crippen LogP contribution in [0.25, 0.3) is 5.65 Å². The van der Waals surface area contributed by atoms with Crippen LogP contribution in [0.4, 0.5) is 5.82 Å². The van der Waals surface area contributed by atoms with Crippen molar-refractivity contribution in [1.29, 1.82) is 0 Å².